The van der Waals surface area contributed by atoms with Crippen molar-refractivity contribution >= 4 is 83.3 Å². The third-order valence-electron chi connectivity index (χ3n) is 9.53. The van der Waals surface area contributed by atoms with Crippen molar-refractivity contribution in [3.8, 4) is 21.7 Å². The van der Waals surface area contributed by atoms with E-state index in [4.69, 9.17) is 29.2 Å². The average Bonchev–Trinajstić information content (AvgIpc) is 3.93. The summed E-state index contributed by atoms with van der Waals surface area (Å²) >= 11 is 1.67. The van der Waals surface area contributed by atoms with Gasteiger partial charge < -0.3 is 8.83 Å². The van der Waals surface area contributed by atoms with Gasteiger partial charge in [-0.1, -0.05) is 127 Å². The van der Waals surface area contributed by atoms with E-state index in [1.54, 1.807) is 11.3 Å². The molecule has 10 aromatic rings. The summed E-state index contributed by atoms with van der Waals surface area (Å²) in [5.41, 5.74) is 9.63. The number of nitrogens with zero attached hydrogens (tertiary/aromatic N) is 3. The highest BCUT2D eigenvalue weighted by atomic mass is 32.1. The minimum atomic E-state index is 0.111. The quantitative estimate of drug-likeness (QED) is 0.143. The van der Waals surface area contributed by atoms with E-state index in [1.807, 2.05) is 128 Å². The van der Waals surface area contributed by atoms with Crippen LogP contribution in [0.25, 0.3) is 75.8 Å². The lowest BCUT2D eigenvalue weighted by Gasteiger charge is -2.06. The van der Waals surface area contributed by atoms with Gasteiger partial charge in [-0.3, -0.25) is 5.41 Å². The smallest absolute Gasteiger partial charge is 0.161 e. The fourth-order valence-corrected chi connectivity index (χ4v) is 8.00. The highest BCUT2D eigenvalue weighted by molar-refractivity contribution is 7.21. The Morgan fingerprint density at radius 3 is 2.15 bits per heavy atom. The summed E-state index contributed by atoms with van der Waals surface area (Å²) < 4.78 is 13.8. The third kappa shape index (κ3) is 5.42. The first-order chi connectivity index (χ1) is 26.2. The van der Waals surface area contributed by atoms with Crippen LogP contribution in [-0.2, 0) is 0 Å². The molecule has 0 bridgehead atoms. The summed E-state index contributed by atoms with van der Waals surface area (Å²) in [5, 5.41) is 14.1. The second-order valence-electron chi connectivity index (χ2n) is 12.8. The Balaban J connectivity index is 1.03. The number of hydrogen-bond acceptors (Lipinski definition) is 5. The molecule has 0 amide bonds. The minimum absolute atomic E-state index is 0.111. The predicted molar refractivity (Wildman–Crippen MR) is 219 cm³/mol. The first-order valence-electron chi connectivity index (χ1n) is 17.3. The summed E-state index contributed by atoms with van der Waals surface area (Å²) in [6.45, 7) is 0. The van der Waals surface area contributed by atoms with Crippen LogP contribution in [0.1, 0.15) is 16.7 Å². The fraction of sp³-hybridized carbons (Fsp3) is 0. The lowest BCUT2D eigenvalue weighted by atomic mass is 10.0. The SMILES string of the molecule is N=C(/N=C(\N=C\c1cccc2oc3cccc(-c4nc5ccccc5s4)c3c12)c1ccccc1)c1ccc(-c2cccc3c2oc2ccccc23)cc1. The number of aliphatic imine (C=N–C) groups is 2. The van der Waals surface area contributed by atoms with Crippen LogP contribution in [-0.4, -0.2) is 22.9 Å². The molecule has 6 nitrogen and oxygen atoms in total. The summed E-state index contributed by atoms with van der Waals surface area (Å²) in [6.07, 6.45) is 1.82. The second-order valence-corrected chi connectivity index (χ2v) is 13.8. The number of hydrogen-bond donors (Lipinski definition) is 1. The molecule has 3 aromatic heterocycles. The standard InChI is InChI=1S/C46H28N4O2S/c47-44(29-25-23-28(24-26-29)32-15-9-16-34-33-14-4-6-19-37(33)52-43(32)34)50-45(30-11-2-1-3-12-30)48-27-31-13-8-20-38-41(31)42-35(17-10-21-39(42)51-38)46-49-36-18-5-7-22-40(36)53-46/h1-27,47H/b47-44?,48-27+,50-45-. The molecular formula is C46H28N4O2S. The summed E-state index contributed by atoms with van der Waals surface area (Å²) in [6, 6.07) is 52.2. The fourth-order valence-electron chi connectivity index (χ4n) is 7.00. The van der Waals surface area contributed by atoms with Gasteiger partial charge in [0.05, 0.1) is 10.2 Å². The van der Waals surface area contributed by atoms with Crippen molar-refractivity contribution in [2.75, 3.05) is 0 Å². The zero-order chi connectivity index (χ0) is 35.3. The maximum atomic E-state index is 9.05. The second kappa shape index (κ2) is 12.7. The number of amidine groups is 2. The van der Waals surface area contributed by atoms with Gasteiger partial charge in [-0.2, -0.15) is 0 Å². The Bertz CT molecular complexity index is 3040. The summed E-state index contributed by atoms with van der Waals surface area (Å²) in [4.78, 5) is 14.7. The van der Waals surface area contributed by atoms with E-state index < -0.39 is 0 Å². The van der Waals surface area contributed by atoms with Crippen molar-refractivity contribution in [2.45, 2.75) is 0 Å². The van der Waals surface area contributed by atoms with E-state index in [0.717, 1.165) is 86.9 Å². The third-order valence-corrected chi connectivity index (χ3v) is 10.6. The van der Waals surface area contributed by atoms with Crippen LogP contribution >= 0.6 is 11.3 Å². The van der Waals surface area contributed by atoms with Gasteiger partial charge in [-0.05, 0) is 35.9 Å². The molecule has 7 aromatic carbocycles. The summed E-state index contributed by atoms with van der Waals surface area (Å²) in [5.74, 6) is 0.544. The van der Waals surface area contributed by atoms with Crippen LogP contribution in [0.5, 0.6) is 0 Å². The van der Waals surface area contributed by atoms with Gasteiger partial charge >= 0.3 is 0 Å². The number of furan rings is 2. The molecule has 0 aliphatic carbocycles. The van der Waals surface area contributed by atoms with Gasteiger partial charge in [0.2, 0.25) is 0 Å². The first kappa shape index (κ1) is 30.8. The molecule has 0 spiro atoms. The Morgan fingerprint density at radius 1 is 0.585 bits per heavy atom. The van der Waals surface area contributed by atoms with Gasteiger partial charge in [-0.25, -0.2) is 15.0 Å². The molecule has 53 heavy (non-hydrogen) atoms. The predicted octanol–water partition coefficient (Wildman–Crippen LogP) is 12.3. The molecule has 0 atom stereocenters. The lowest BCUT2D eigenvalue weighted by Crippen LogP contribution is -2.04. The van der Waals surface area contributed by atoms with Gasteiger partial charge in [0.15, 0.2) is 11.7 Å². The minimum Gasteiger partial charge on any atom is -0.456 e. The van der Waals surface area contributed by atoms with Crippen molar-refractivity contribution < 1.29 is 8.83 Å². The molecule has 0 aliphatic rings. The Kier molecular flexibility index (Phi) is 7.37. The number of fused-ring (bicyclic) bond motifs is 7. The number of thiazole rings is 1. The molecule has 0 aliphatic heterocycles. The molecule has 1 N–H and O–H groups in total. The first-order valence-corrected chi connectivity index (χ1v) is 18.1. The van der Waals surface area contributed by atoms with Crippen molar-refractivity contribution in [3.63, 3.8) is 0 Å². The highest BCUT2D eigenvalue weighted by Crippen LogP contribution is 2.40. The molecular weight excluding hydrogens is 673 g/mol. The van der Waals surface area contributed by atoms with Crippen molar-refractivity contribution in [1.82, 2.24) is 4.98 Å². The van der Waals surface area contributed by atoms with Gasteiger partial charge in [-0.15, -0.1) is 11.3 Å². The highest BCUT2D eigenvalue weighted by Gasteiger charge is 2.18. The molecule has 7 heteroatoms. The lowest BCUT2D eigenvalue weighted by molar-refractivity contribution is 0.669. The molecule has 250 valence electrons. The van der Waals surface area contributed by atoms with Gasteiger partial charge in [0.1, 0.15) is 27.3 Å². The van der Waals surface area contributed by atoms with Crippen LogP contribution in [0.2, 0.25) is 0 Å². The van der Waals surface area contributed by atoms with Crippen molar-refractivity contribution in [2.24, 2.45) is 9.98 Å². The molecule has 3 heterocycles. The number of benzene rings is 7. The zero-order valence-corrected chi connectivity index (χ0v) is 29.0. The molecule has 0 radical (unpaired) electrons. The Hall–Kier alpha value is -6.96. The molecule has 0 saturated heterocycles. The van der Waals surface area contributed by atoms with Crippen LogP contribution in [0, 0.1) is 5.41 Å². The van der Waals surface area contributed by atoms with Crippen molar-refractivity contribution in [3.05, 3.63) is 174 Å². The van der Waals surface area contributed by atoms with Crippen LogP contribution < -0.4 is 0 Å². The van der Waals surface area contributed by atoms with E-state index in [-0.39, 0.29) is 5.84 Å². The number of rotatable bonds is 5. The maximum Gasteiger partial charge on any atom is 0.161 e. The normalized spacial score (nSPS) is 12.3. The van der Waals surface area contributed by atoms with Crippen LogP contribution in [0.15, 0.2) is 177 Å². The monoisotopic (exact) mass is 700 g/mol. The van der Waals surface area contributed by atoms with Gasteiger partial charge in [0, 0.05) is 55.6 Å². The Labute approximate surface area is 307 Å². The molecule has 0 fully saturated rings. The molecule has 10 rings (SSSR count). The van der Waals surface area contributed by atoms with Crippen molar-refractivity contribution in [1.29, 1.82) is 5.41 Å². The van der Waals surface area contributed by atoms with Crippen LogP contribution in [0.4, 0.5) is 0 Å². The largest absolute Gasteiger partial charge is 0.456 e. The Morgan fingerprint density at radius 2 is 1.28 bits per heavy atom. The number of nitrogens with one attached hydrogen (secondary N) is 1. The van der Waals surface area contributed by atoms with E-state index in [0.29, 0.717) is 11.4 Å². The molecule has 0 unspecified atom stereocenters. The van der Waals surface area contributed by atoms with E-state index in [2.05, 4.69) is 36.4 Å². The number of aromatic nitrogens is 1. The van der Waals surface area contributed by atoms with E-state index >= 15 is 0 Å². The van der Waals surface area contributed by atoms with Crippen LogP contribution in [0.3, 0.4) is 0 Å². The van der Waals surface area contributed by atoms with E-state index in [1.165, 1.54) is 0 Å². The maximum absolute atomic E-state index is 9.05. The topological polar surface area (TPSA) is 87.7 Å². The molecule has 0 saturated carbocycles. The van der Waals surface area contributed by atoms with E-state index in [9.17, 15) is 0 Å². The average molecular weight is 701 g/mol. The zero-order valence-electron chi connectivity index (χ0n) is 28.2. The van der Waals surface area contributed by atoms with Gasteiger partial charge in [0.25, 0.3) is 0 Å². The number of para-hydroxylation sites is 3. The summed E-state index contributed by atoms with van der Waals surface area (Å²) in [7, 11) is 0.